The number of anilines is 2. The van der Waals surface area contributed by atoms with E-state index in [9.17, 15) is 22.8 Å². The third-order valence-electron chi connectivity index (χ3n) is 6.51. The lowest BCUT2D eigenvalue weighted by Gasteiger charge is -2.29. The minimum Gasteiger partial charge on any atom is -0.465 e. The summed E-state index contributed by atoms with van der Waals surface area (Å²) >= 11 is 0. The molecule has 0 radical (unpaired) electrons. The molecule has 1 unspecified atom stereocenters. The van der Waals surface area contributed by atoms with Gasteiger partial charge in [-0.05, 0) is 37.0 Å². The Balaban J connectivity index is 1.56. The summed E-state index contributed by atoms with van der Waals surface area (Å²) in [5.41, 5.74) is 6.07. The van der Waals surface area contributed by atoms with Gasteiger partial charge in [-0.15, -0.1) is 0 Å². The maximum atomic E-state index is 13.9. The summed E-state index contributed by atoms with van der Waals surface area (Å²) in [6, 6.07) is 12.4. The van der Waals surface area contributed by atoms with Crippen LogP contribution in [0.3, 0.4) is 0 Å². The van der Waals surface area contributed by atoms with Crippen molar-refractivity contribution in [1.82, 2.24) is 19.9 Å². The number of rotatable bonds is 8. The first-order chi connectivity index (χ1) is 18.1. The predicted octanol–water partition coefficient (Wildman–Crippen LogP) is 4.69. The molecule has 4 N–H and O–H groups in total. The van der Waals surface area contributed by atoms with Gasteiger partial charge in [0.25, 0.3) is 0 Å². The molecule has 3 heterocycles. The molecule has 12 heteroatoms. The smallest absolute Gasteiger partial charge is 0.419 e. The van der Waals surface area contributed by atoms with Crippen molar-refractivity contribution in [3.8, 4) is 0 Å². The molecule has 38 heavy (non-hydrogen) atoms. The second-order valence-corrected chi connectivity index (χ2v) is 9.19. The van der Waals surface area contributed by atoms with Crippen LogP contribution >= 0.6 is 0 Å². The van der Waals surface area contributed by atoms with Crippen LogP contribution in [-0.2, 0) is 17.4 Å². The van der Waals surface area contributed by atoms with Gasteiger partial charge in [0.1, 0.15) is 0 Å². The SMILES string of the molecule is NC(=O)CC(Cc1ccccc1)c1nc(Nc2ccc(C3CCN(C(=O)O)CC3)nc2)ncc1C(F)(F)F. The Kier molecular flexibility index (Phi) is 8.08. The molecule has 1 fully saturated rings. The molecule has 4 rings (SSSR count). The maximum Gasteiger partial charge on any atom is 0.419 e. The number of carbonyl (C=O) groups is 2. The van der Waals surface area contributed by atoms with Crippen molar-refractivity contribution < 1.29 is 27.9 Å². The van der Waals surface area contributed by atoms with E-state index in [1.54, 1.807) is 42.5 Å². The third kappa shape index (κ3) is 6.75. The van der Waals surface area contributed by atoms with E-state index in [2.05, 4.69) is 20.3 Å². The van der Waals surface area contributed by atoms with E-state index in [0.717, 1.165) is 11.3 Å². The zero-order valence-electron chi connectivity index (χ0n) is 20.4. The molecule has 1 atom stereocenters. The Morgan fingerprint density at radius 3 is 2.37 bits per heavy atom. The summed E-state index contributed by atoms with van der Waals surface area (Å²) in [6.07, 6.45) is -2.29. The lowest BCUT2D eigenvalue weighted by molar-refractivity contribution is -0.139. The highest BCUT2D eigenvalue weighted by molar-refractivity contribution is 5.75. The molecule has 200 valence electrons. The van der Waals surface area contributed by atoms with Gasteiger partial charge in [-0.3, -0.25) is 9.78 Å². The highest BCUT2D eigenvalue weighted by Gasteiger charge is 2.37. The van der Waals surface area contributed by atoms with Crippen LogP contribution in [0.2, 0.25) is 0 Å². The van der Waals surface area contributed by atoms with Gasteiger partial charge >= 0.3 is 12.3 Å². The van der Waals surface area contributed by atoms with Gasteiger partial charge < -0.3 is 21.1 Å². The number of primary amides is 1. The van der Waals surface area contributed by atoms with Crippen LogP contribution in [0, 0.1) is 0 Å². The lowest BCUT2D eigenvalue weighted by atomic mass is 9.90. The summed E-state index contributed by atoms with van der Waals surface area (Å²) in [5, 5.41) is 12.0. The number of piperidine rings is 1. The zero-order chi connectivity index (χ0) is 27.3. The standard InChI is InChI=1S/C26H27F3N6O3/c27-26(28,29)20-15-32-24(34-23(20)18(13-22(30)36)12-16-4-2-1-3-5-16)33-19-6-7-21(31-14-19)17-8-10-35(11-9-17)25(37)38/h1-7,14-15,17-18H,8-13H2,(H2,30,36)(H,37,38)(H,32,33,34). The molecule has 1 aromatic carbocycles. The van der Waals surface area contributed by atoms with Crippen LogP contribution in [0.15, 0.2) is 54.9 Å². The molecule has 2 aromatic heterocycles. The Labute approximate surface area is 216 Å². The number of hydrogen-bond acceptors (Lipinski definition) is 6. The highest BCUT2D eigenvalue weighted by atomic mass is 19.4. The number of alkyl halides is 3. The molecule has 1 saturated heterocycles. The first-order valence-electron chi connectivity index (χ1n) is 12.1. The number of hydrogen-bond donors (Lipinski definition) is 3. The average molecular weight is 529 g/mol. The van der Waals surface area contributed by atoms with Crippen molar-refractivity contribution >= 4 is 23.6 Å². The van der Waals surface area contributed by atoms with E-state index >= 15 is 0 Å². The van der Waals surface area contributed by atoms with Crippen LogP contribution in [0.4, 0.5) is 29.6 Å². The fraction of sp³-hybridized carbons (Fsp3) is 0.346. The highest BCUT2D eigenvalue weighted by Crippen LogP contribution is 2.37. The van der Waals surface area contributed by atoms with E-state index in [4.69, 9.17) is 10.8 Å². The molecule has 9 nitrogen and oxygen atoms in total. The number of pyridine rings is 1. The van der Waals surface area contributed by atoms with Gasteiger partial charge in [0.2, 0.25) is 11.9 Å². The predicted molar refractivity (Wildman–Crippen MR) is 133 cm³/mol. The van der Waals surface area contributed by atoms with Crippen LogP contribution in [0.5, 0.6) is 0 Å². The van der Waals surface area contributed by atoms with Crippen LogP contribution < -0.4 is 11.1 Å². The second kappa shape index (κ2) is 11.4. The van der Waals surface area contributed by atoms with Gasteiger partial charge in [-0.25, -0.2) is 14.8 Å². The maximum absolute atomic E-state index is 13.9. The normalized spacial score (nSPS) is 15.2. The molecule has 0 bridgehead atoms. The van der Waals surface area contributed by atoms with E-state index in [0.29, 0.717) is 37.8 Å². The quantitative estimate of drug-likeness (QED) is 0.386. The number of carboxylic acid groups (broad SMARTS) is 1. The first-order valence-corrected chi connectivity index (χ1v) is 12.1. The van der Waals surface area contributed by atoms with Crippen molar-refractivity contribution in [2.75, 3.05) is 18.4 Å². The average Bonchev–Trinajstić information content (AvgIpc) is 2.88. The summed E-state index contributed by atoms with van der Waals surface area (Å²) in [6.45, 7) is 0.860. The van der Waals surface area contributed by atoms with Gasteiger partial charge in [0, 0.05) is 43.2 Å². The fourth-order valence-electron chi connectivity index (χ4n) is 4.61. The van der Waals surface area contributed by atoms with Crippen molar-refractivity contribution in [3.63, 3.8) is 0 Å². The number of carbonyl (C=O) groups excluding carboxylic acids is 1. The van der Waals surface area contributed by atoms with Gasteiger partial charge in [-0.1, -0.05) is 30.3 Å². The summed E-state index contributed by atoms with van der Waals surface area (Å²) < 4.78 is 41.6. The number of aromatic nitrogens is 3. The van der Waals surface area contributed by atoms with E-state index in [1.807, 2.05) is 0 Å². The Hall–Kier alpha value is -4.22. The van der Waals surface area contributed by atoms with Crippen LogP contribution in [0.25, 0.3) is 0 Å². The third-order valence-corrected chi connectivity index (χ3v) is 6.51. The minimum atomic E-state index is -4.72. The van der Waals surface area contributed by atoms with Gasteiger partial charge in [0.15, 0.2) is 0 Å². The van der Waals surface area contributed by atoms with E-state index in [1.165, 1.54) is 11.1 Å². The lowest BCUT2D eigenvalue weighted by Crippen LogP contribution is -2.36. The molecular weight excluding hydrogens is 501 g/mol. The Morgan fingerprint density at radius 1 is 1.08 bits per heavy atom. The molecule has 1 aliphatic heterocycles. The van der Waals surface area contributed by atoms with Crippen molar-refractivity contribution in [2.24, 2.45) is 5.73 Å². The largest absolute Gasteiger partial charge is 0.465 e. The van der Waals surface area contributed by atoms with Crippen LogP contribution in [-0.4, -0.2) is 50.0 Å². The molecule has 0 spiro atoms. The number of halogens is 3. The zero-order valence-corrected chi connectivity index (χ0v) is 20.4. The second-order valence-electron chi connectivity index (χ2n) is 9.19. The fourth-order valence-corrected chi connectivity index (χ4v) is 4.61. The monoisotopic (exact) mass is 528 g/mol. The number of nitrogens with one attached hydrogen (secondary N) is 1. The first kappa shape index (κ1) is 26.8. The van der Waals surface area contributed by atoms with E-state index < -0.39 is 29.7 Å². The Bertz CT molecular complexity index is 1260. The summed E-state index contributed by atoms with van der Waals surface area (Å²) in [5.74, 6) is -1.60. The Morgan fingerprint density at radius 2 is 1.79 bits per heavy atom. The van der Waals surface area contributed by atoms with Crippen molar-refractivity contribution in [2.45, 2.75) is 43.7 Å². The summed E-state index contributed by atoms with van der Waals surface area (Å²) in [7, 11) is 0. The number of amides is 2. The van der Waals surface area contributed by atoms with Crippen molar-refractivity contribution in [1.29, 1.82) is 0 Å². The number of nitrogens with two attached hydrogens (primary N) is 1. The van der Waals surface area contributed by atoms with Crippen molar-refractivity contribution in [3.05, 3.63) is 77.4 Å². The molecule has 0 saturated carbocycles. The topological polar surface area (TPSA) is 134 Å². The molecule has 2 amide bonds. The minimum absolute atomic E-state index is 0.0696. The van der Waals surface area contributed by atoms with Gasteiger partial charge in [0.05, 0.1) is 23.1 Å². The molecule has 1 aliphatic rings. The summed E-state index contributed by atoms with van der Waals surface area (Å²) in [4.78, 5) is 36.7. The molecular formula is C26H27F3N6O3. The number of likely N-dealkylation sites (tertiary alicyclic amines) is 1. The molecule has 3 aromatic rings. The number of benzene rings is 1. The number of nitrogens with zero attached hydrogens (tertiary/aromatic N) is 4. The van der Waals surface area contributed by atoms with E-state index in [-0.39, 0.29) is 30.4 Å². The molecule has 0 aliphatic carbocycles. The van der Waals surface area contributed by atoms with Gasteiger partial charge in [-0.2, -0.15) is 13.2 Å². The van der Waals surface area contributed by atoms with Crippen LogP contribution in [0.1, 0.15) is 53.6 Å².